The molecule has 1 aliphatic carbocycles. The van der Waals surface area contributed by atoms with Gasteiger partial charge < -0.3 is 4.74 Å². The van der Waals surface area contributed by atoms with Gasteiger partial charge in [0, 0.05) is 38.2 Å². The van der Waals surface area contributed by atoms with E-state index in [1.807, 2.05) is 0 Å². The van der Waals surface area contributed by atoms with E-state index in [0.29, 0.717) is 0 Å². The number of rotatable bonds is 5. The summed E-state index contributed by atoms with van der Waals surface area (Å²) in [5.41, 5.74) is 0. The van der Waals surface area contributed by atoms with Crippen LogP contribution in [0.2, 0.25) is 0 Å². The molecule has 0 aromatic carbocycles. The molecule has 0 atom stereocenters. The summed E-state index contributed by atoms with van der Waals surface area (Å²) < 4.78 is 5.42. The van der Waals surface area contributed by atoms with Gasteiger partial charge in [-0.25, -0.2) is 0 Å². The standard InChI is InChI=1S/C13H24ClNO/c14-7-8-15(13-3-1-2-4-13)11-12-5-9-16-10-6-12/h12-13H,1-11H2. The van der Waals surface area contributed by atoms with Crippen molar-refractivity contribution in [1.82, 2.24) is 4.90 Å². The third kappa shape index (κ3) is 3.61. The summed E-state index contributed by atoms with van der Waals surface area (Å²) >= 11 is 5.93. The highest BCUT2D eigenvalue weighted by molar-refractivity contribution is 6.18. The number of ether oxygens (including phenoxy) is 1. The van der Waals surface area contributed by atoms with Crippen LogP contribution >= 0.6 is 11.6 Å². The van der Waals surface area contributed by atoms with Crippen LogP contribution in [0, 0.1) is 5.92 Å². The molecule has 0 unspecified atom stereocenters. The first-order valence-corrected chi connectivity index (χ1v) is 7.31. The van der Waals surface area contributed by atoms with Crippen molar-refractivity contribution in [2.24, 2.45) is 5.92 Å². The maximum atomic E-state index is 5.93. The van der Waals surface area contributed by atoms with E-state index in [2.05, 4.69) is 4.90 Å². The topological polar surface area (TPSA) is 12.5 Å². The molecule has 1 heterocycles. The first-order chi connectivity index (χ1) is 7.90. The molecule has 0 spiro atoms. The van der Waals surface area contributed by atoms with Crippen molar-refractivity contribution >= 4 is 11.6 Å². The largest absolute Gasteiger partial charge is 0.381 e. The average molecular weight is 246 g/mol. The number of alkyl halides is 1. The lowest BCUT2D eigenvalue weighted by atomic mass is 9.98. The van der Waals surface area contributed by atoms with Crippen molar-refractivity contribution in [2.75, 3.05) is 32.2 Å². The molecule has 0 radical (unpaired) electrons. The third-order valence-electron chi connectivity index (χ3n) is 4.05. The molecule has 16 heavy (non-hydrogen) atoms. The zero-order chi connectivity index (χ0) is 11.2. The fraction of sp³-hybridized carbons (Fsp3) is 1.00. The van der Waals surface area contributed by atoms with Crippen LogP contribution in [-0.2, 0) is 4.74 Å². The van der Waals surface area contributed by atoms with Crippen molar-refractivity contribution in [3.05, 3.63) is 0 Å². The van der Waals surface area contributed by atoms with Gasteiger partial charge in [0.15, 0.2) is 0 Å². The number of nitrogens with zero attached hydrogens (tertiary/aromatic N) is 1. The zero-order valence-corrected chi connectivity index (χ0v) is 10.9. The highest BCUT2D eigenvalue weighted by Crippen LogP contribution is 2.26. The molecule has 0 bridgehead atoms. The Balaban J connectivity index is 1.80. The van der Waals surface area contributed by atoms with Gasteiger partial charge in [-0.15, -0.1) is 11.6 Å². The second-order valence-corrected chi connectivity index (χ2v) is 5.56. The SMILES string of the molecule is ClCCN(CC1CCOCC1)C1CCCC1. The Morgan fingerprint density at radius 1 is 1.06 bits per heavy atom. The summed E-state index contributed by atoms with van der Waals surface area (Å²) in [6.45, 7) is 4.25. The second kappa shape index (κ2) is 6.83. The van der Waals surface area contributed by atoms with Gasteiger partial charge in [0.2, 0.25) is 0 Å². The predicted octanol–water partition coefficient (Wildman–Crippen LogP) is 2.90. The summed E-state index contributed by atoms with van der Waals surface area (Å²) in [7, 11) is 0. The molecule has 0 N–H and O–H groups in total. The molecule has 1 saturated carbocycles. The van der Waals surface area contributed by atoms with Crippen molar-refractivity contribution in [2.45, 2.75) is 44.6 Å². The van der Waals surface area contributed by atoms with E-state index < -0.39 is 0 Å². The smallest absolute Gasteiger partial charge is 0.0469 e. The lowest BCUT2D eigenvalue weighted by molar-refractivity contribution is 0.0468. The predicted molar refractivity (Wildman–Crippen MR) is 68.1 cm³/mol. The van der Waals surface area contributed by atoms with Gasteiger partial charge in [-0.2, -0.15) is 0 Å². The maximum absolute atomic E-state index is 5.93. The monoisotopic (exact) mass is 245 g/mol. The molecule has 1 aliphatic heterocycles. The molecule has 0 aromatic rings. The van der Waals surface area contributed by atoms with Crippen LogP contribution in [0.5, 0.6) is 0 Å². The van der Waals surface area contributed by atoms with Crippen LogP contribution in [-0.4, -0.2) is 43.1 Å². The second-order valence-electron chi connectivity index (χ2n) is 5.18. The molecular weight excluding hydrogens is 222 g/mol. The molecule has 3 heteroatoms. The van der Waals surface area contributed by atoms with E-state index in [0.717, 1.165) is 37.6 Å². The summed E-state index contributed by atoms with van der Waals surface area (Å²) in [5.74, 6) is 1.62. The average Bonchev–Trinajstić information content (AvgIpc) is 2.83. The minimum atomic E-state index is 0.778. The normalized spacial score (nSPS) is 24.4. The minimum absolute atomic E-state index is 0.778. The number of hydrogen-bond acceptors (Lipinski definition) is 2. The fourth-order valence-electron chi connectivity index (χ4n) is 3.06. The van der Waals surface area contributed by atoms with Gasteiger partial charge in [0.25, 0.3) is 0 Å². The molecule has 2 aliphatic rings. The van der Waals surface area contributed by atoms with Crippen LogP contribution in [0.15, 0.2) is 0 Å². The lowest BCUT2D eigenvalue weighted by Crippen LogP contribution is -2.40. The van der Waals surface area contributed by atoms with E-state index in [4.69, 9.17) is 16.3 Å². The third-order valence-corrected chi connectivity index (χ3v) is 4.22. The molecule has 2 nitrogen and oxygen atoms in total. The summed E-state index contributed by atoms with van der Waals surface area (Å²) in [4.78, 5) is 2.65. The Morgan fingerprint density at radius 2 is 1.75 bits per heavy atom. The maximum Gasteiger partial charge on any atom is 0.0469 e. The molecular formula is C13H24ClNO. The van der Waals surface area contributed by atoms with E-state index in [9.17, 15) is 0 Å². The van der Waals surface area contributed by atoms with Crippen LogP contribution in [0.1, 0.15) is 38.5 Å². The van der Waals surface area contributed by atoms with Gasteiger partial charge >= 0.3 is 0 Å². The summed E-state index contributed by atoms with van der Waals surface area (Å²) in [5, 5.41) is 0. The fourth-order valence-corrected chi connectivity index (χ4v) is 3.28. The first kappa shape index (κ1) is 12.7. The molecule has 0 amide bonds. The van der Waals surface area contributed by atoms with Crippen LogP contribution < -0.4 is 0 Å². The van der Waals surface area contributed by atoms with Gasteiger partial charge in [0.1, 0.15) is 0 Å². The number of hydrogen-bond donors (Lipinski definition) is 0. The quantitative estimate of drug-likeness (QED) is 0.691. The van der Waals surface area contributed by atoms with Gasteiger partial charge in [-0.1, -0.05) is 12.8 Å². The van der Waals surface area contributed by atoms with Crippen molar-refractivity contribution in [3.63, 3.8) is 0 Å². The Kier molecular flexibility index (Phi) is 5.40. The van der Waals surface area contributed by atoms with Crippen LogP contribution in [0.4, 0.5) is 0 Å². The van der Waals surface area contributed by atoms with Crippen LogP contribution in [0.3, 0.4) is 0 Å². The molecule has 2 fully saturated rings. The zero-order valence-electron chi connectivity index (χ0n) is 10.2. The van der Waals surface area contributed by atoms with Crippen molar-refractivity contribution in [1.29, 1.82) is 0 Å². The van der Waals surface area contributed by atoms with Gasteiger partial charge in [0.05, 0.1) is 0 Å². The molecule has 0 aromatic heterocycles. The molecule has 1 saturated heterocycles. The Bertz CT molecular complexity index is 188. The highest BCUT2D eigenvalue weighted by atomic mass is 35.5. The summed E-state index contributed by atoms with van der Waals surface area (Å²) in [6.07, 6.45) is 8.09. The van der Waals surface area contributed by atoms with Crippen molar-refractivity contribution < 1.29 is 4.74 Å². The Hall–Kier alpha value is 0.210. The Morgan fingerprint density at radius 3 is 2.38 bits per heavy atom. The number of halogens is 1. The van der Waals surface area contributed by atoms with Crippen LogP contribution in [0.25, 0.3) is 0 Å². The highest BCUT2D eigenvalue weighted by Gasteiger charge is 2.25. The molecule has 2 rings (SSSR count). The van der Waals surface area contributed by atoms with E-state index in [1.165, 1.54) is 45.1 Å². The molecule has 94 valence electrons. The van der Waals surface area contributed by atoms with Gasteiger partial charge in [-0.05, 0) is 31.6 Å². The minimum Gasteiger partial charge on any atom is -0.381 e. The summed E-state index contributed by atoms with van der Waals surface area (Å²) in [6, 6.07) is 0.821. The van der Waals surface area contributed by atoms with E-state index >= 15 is 0 Å². The van der Waals surface area contributed by atoms with E-state index in [1.54, 1.807) is 0 Å². The Labute approximate surface area is 104 Å². The lowest BCUT2D eigenvalue weighted by Gasteiger charge is -2.33. The van der Waals surface area contributed by atoms with E-state index in [-0.39, 0.29) is 0 Å². The first-order valence-electron chi connectivity index (χ1n) is 6.78. The van der Waals surface area contributed by atoms with Gasteiger partial charge in [-0.3, -0.25) is 4.90 Å². The van der Waals surface area contributed by atoms with Crippen molar-refractivity contribution in [3.8, 4) is 0 Å².